The van der Waals surface area contributed by atoms with Crippen molar-refractivity contribution < 1.29 is 14.4 Å². The van der Waals surface area contributed by atoms with Crippen LogP contribution >= 0.6 is 11.6 Å². The molecule has 3 aromatic carbocycles. The fourth-order valence-corrected chi connectivity index (χ4v) is 5.14. The van der Waals surface area contributed by atoms with E-state index >= 15 is 0 Å². The molecule has 0 N–H and O–H groups in total. The summed E-state index contributed by atoms with van der Waals surface area (Å²) < 4.78 is 0.0851. The van der Waals surface area contributed by atoms with E-state index in [1.54, 1.807) is 60.9 Å². The molecule has 0 spiro atoms. The van der Waals surface area contributed by atoms with Gasteiger partial charge in [-0.25, -0.2) is 9.48 Å². The Morgan fingerprint density at radius 2 is 1.51 bits per heavy atom. The second kappa shape index (κ2) is 9.52. The van der Waals surface area contributed by atoms with E-state index in [2.05, 4.69) is 4.99 Å². The summed E-state index contributed by atoms with van der Waals surface area (Å²) in [5, 5.41) is 0.550. The lowest BCUT2D eigenvalue weighted by Gasteiger charge is -2.36. The molecule has 0 saturated carbocycles. The Morgan fingerprint density at radius 1 is 0.919 bits per heavy atom. The number of nitrogens with zero attached hydrogens (tertiary/aromatic N) is 4. The molecule has 8 heteroatoms. The molecule has 186 valence electrons. The van der Waals surface area contributed by atoms with Crippen molar-refractivity contribution in [3.8, 4) is 0 Å². The molecule has 0 saturated heterocycles. The zero-order valence-corrected chi connectivity index (χ0v) is 21.6. The van der Waals surface area contributed by atoms with Gasteiger partial charge in [0.25, 0.3) is 11.8 Å². The number of amides is 2. The Bertz CT molecular complexity index is 1460. The van der Waals surface area contributed by atoms with Crippen molar-refractivity contribution in [1.29, 1.82) is 0 Å². The third-order valence-corrected chi connectivity index (χ3v) is 6.98. The molecule has 0 radical (unpaired) electrons. The molecule has 2 heterocycles. The van der Waals surface area contributed by atoms with E-state index in [1.165, 1.54) is 4.90 Å². The zero-order chi connectivity index (χ0) is 26.3. The van der Waals surface area contributed by atoms with Crippen LogP contribution in [-0.4, -0.2) is 61.0 Å². The average Bonchev–Trinajstić information content (AvgIpc) is 3.33. The highest BCUT2D eigenvalue weighted by Gasteiger charge is 2.46. The summed E-state index contributed by atoms with van der Waals surface area (Å²) in [5.74, 6) is -0.816. The largest absolute Gasteiger partial charge is 0.288 e. The second-order valence-electron chi connectivity index (χ2n) is 9.46. The minimum absolute atomic E-state index is 0.0511. The highest BCUT2D eigenvalue weighted by Crippen LogP contribution is 2.38. The molecule has 1 atom stereocenters. The van der Waals surface area contributed by atoms with Crippen molar-refractivity contribution in [3.63, 3.8) is 0 Å². The van der Waals surface area contributed by atoms with Gasteiger partial charge in [-0.1, -0.05) is 35.9 Å². The van der Waals surface area contributed by atoms with Gasteiger partial charge in [-0.15, -0.1) is 0 Å². The van der Waals surface area contributed by atoms with Crippen LogP contribution in [0.2, 0.25) is 5.02 Å². The molecule has 0 aromatic heterocycles. The number of aliphatic imine (C=N–C) groups is 1. The van der Waals surface area contributed by atoms with Gasteiger partial charge in [-0.05, 0) is 63.5 Å². The standard InChI is InChI=1S/C29H26ClN4O3/c1-19-26(16-33-28(36)22-8-4-5-9-23(22)29(33)37)34(17-31-19,18-32(2)3)25-11-7-6-10-24(25)27(35)20-12-14-21(30)15-13-20/h4-15,17H,16,18H2,1-3H3/q+1. The van der Waals surface area contributed by atoms with E-state index in [1.807, 2.05) is 44.1 Å². The highest BCUT2D eigenvalue weighted by atomic mass is 35.5. The van der Waals surface area contributed by atoms with Gasteiger partial charge in [0, 0.05) is 16.7 Å². The van der Waals surface area contributed by atoms with E-state index in [4.69, 9.17) is 11.6 Å². The monoisotopic (exact) mass is 513 g/mol. The number of rotatable bonds is 7. The predicted octanol–water partition coefficient (Wildman–Crippen LogP) is 4.97. The van der Waals surface area contributed by atoms with Gasteiger partial charge in [0.05, 0.1) is 16.7 Å². The molecule has 1 unspecified atom stereocenters. The van der Waals surface area contributed by atoms with Crippen LogP contribution in [0.1, 0.15) is 43.6 Å². The van der Waals surface area contributed by atoms with Crippen LogP contribution in [0.4, 0.5) is 5.69 Å². The number of allylic oxidation sites excluding steroid dienone is 1. The molecule has 0 aliphatic carbocycles. The van der Waals surface area contributed by atoms with Crippen LogP contribution in [0.5, 0.6) is 0 Å². The number of fused-ring (bicyclic) bond motifs is 1. The van der Waals surface area contributed by atoms with Gasteiger partial charge in [0.1, 0.15) is 18.9 Å². The normalized spacial score (nSPS) is 18.8. The van der Waals surface area contributed by atoms with E-state index < -0.39 is 0 Å². The quantitative estimate of drug-likeness (QED) is 0.254. The van der Waals surface area contributed by atoms with Crippen LogP contribution in [0, 0.1) is 0 Å². The maximum Gasteiger partial charge on any atom is 0.262 e. The lowest BCUT2D eigenvalue weighted by Crippen LogP contribution is -2.54. The molecule has 2 amide bonds. The smallest absolute Gasteiger partial charge is 0.262 e. The van der Waals surface area contributed by atoms with Crippen LogP contribution in [0.3, 0.4) is 0 Å². The van der Waals surface area contributed by atoms with Crippen molar-refractivity contribution in [2.75, 3.05) is 27.3 Å². The summed E-state index contributed by atoms with van der Waals surface area (Å²) in [4.78, 5) is 48.1. The number of halogens is 1. The molecular formula is C29H26ClN4O3+. The third-order valence-electron chi connectivity index (χ3n) is 6.72. The average molecular weight is 514 g/mol. The van der Waals surface area contributed by atoms with Gasteiger partial charge in [0.15, 0.2) is 17.2 Å². The number of carbonyl (C=O) groups excluding carboxylic acids is 3. The number of para-hydroxylation sites is 1. The molecule has 37 heavy (non-hydrogen) atoms. The molecule has 2 aliphatic heterocycles. The summed E-state index contributed by atoms with van der Waals surface area (Å²) in [6, 6.07) is 21.0. The van der Waals surface area contributed by atoms with Crippen molar-refractivity contribution >= 4 is 41.2 Å². The first-order chi connectivity index (χ1) is 17.7. The first-order valence-corrected chi connectivity index (χ1v) is 12.2. The lowest BCUT2D eigenvalue weighted by molar-refractivity contribution is 0.0659. The van der Waals surface area contributed by atoms with Gasteiger partial charge in [0.2, 0.25) is 6.34 Å². The fraction of sp³-hybridized carbons (Fsp3) is 0.172. The number of hydrogen-bond donors (Lipinski definition) is 0. The third kappa shape index (κ3) is 4.21. The van der Waals surface area contributed by atoms with Gasteiger partial charge >= 0.3 is 0 Å². The van der Waals surface area contributed by atoms with Crippen LogP contribution < -0.4 is 4.48 Å². The maximum atomic E-state index is 13.7. The van der Waals surface area contributed by atoms with Crippen molar-refractivity contribution in [3.05, 3.63) is 111 Å². The van der Waals surface area contributed by atoms with Crippen molar-refractivity contribution in [1.82, 2.24) is 14.3 Å². The number of imide groups is 1. The summed E-state index contributed by atoms with van der Waals surface area (Å²) in [6.45, 7) is 2.35. The summed E-state index contributed by atoms with van der Waals surface area (Å²) in [5.41, 5.74) is 3.98. The van der Waals surface area contributed by atoms with Crippen molar-refractivity contribution in [2.45, 2.75) is 6.92 Å². The first-order valence-electron chi connectivity index (χ1n) is 11.9. The number of quaternary nitrogens is 1. The van der Waals surface area contributed by atoms with Crippen LogP contribution in [0.25, 0.3) is 0 Å². The molecule has 0 fully saturated rings. The fourth-order valence-electron chi connectivity index (χ4n) is 5.01. The molecule has 7 nitrogen and oxygen atoms in total. The summed E-state index contributed by atoms with van der Waals surface area (Å²) in [7, 11) is 3.87. The number of ketones is 1. The number of hydrogen-bond acceptors (Lipinski definition) is 5. The number of benzene rings is 3. The molecular weight excluding hydrogens is 488 g/mol. The van der Waals surface area contributed by atoms with E-state index in [-0.39, 0.29) is 28.6 Å². The van der Waals surface area contributed by atoms with Gasteiger partial charge in [-0.3, -0.25) is 24.2 Å². The zero-order valence-electron chi connectivity index (χ0n) is 20.8. The SMILES string of the molecule is CC1=C(CN2C(=O)c3ccccc3C2=O)[N+](CN(C)C)(c2ccccc2C(=O)c2ccc(Cl)cc2)C=N1. The van der Waals surface area contributed by atoms with E-state index in [0.29, 0.717) is 45.3 Å². The van der Waals surface area contributed by atoms with E-state index in [9.17, 15) is 14.4 Å². The predicted molar refractivity (Wildman–Crippen MR) is 145 cm³/mol. The lowest BCUT2D eigenvalue weighted by atomic mass is 9.99. The molecule has 2 aliphatic rings. The summed E-state index contributed by atoms with van der Waals surface area (Å²) >= 11 is 6.05. The van der Waals surface area contributed by atoms with Crippen LogP contribution in [-0.2, 0) is 0 Å². The molecule has 5 rings (SSSR count). The highest BCUT2D eigenvalue weighted by molar-refractivity contribution is 6.30. The number of carbonyl (C=O) groups is 3. The Morgan fingerprint density at radius 3 is 2.14 bits per heavy atom. The maximum absolute atomic E-state index is 13.7. The first kappa shape index (κ1) is 24.8. The molecule has 3 aromatic rings. The Balaban J connectivity index is 1.61. The second-order valence-corrected chi connectivity index (χ2v) is 9.90. The topological polar surface area (TPSA) is 70.1 Å². The van der Waals surface area contributed by atoms with Gasteiger partial charge < -0.3 is 0 Å². The Hall–Kier alpha value is -3.91. The minimum Gasteiger partial charge on any atom is -0.288 e. The molecule has 0 bridgehead atoms. The van der Waals surface area contributed by atoms with Crippen LogP contribution in [0.15, 0.2) is 89.2 Å². The van der Waals surface area contributed by atoms with Crippen molar-refractivity contribution in [2.24, 2.45) is 4.99 Å². The Kier molecular flexibility index (Phi) is 6.37. The Labute approximate surface area is 220 Å². The summed E-state index contributed by atoms with van der Waals surface area (Å²) in [6.07, 6.45) is 1.79. The minimum atomic E-state index is -0.332. The van der Waals surface area contributed by atoms with Gasteiger partial charge in [-0.2, -0.15) is 0 Å². The van der Waals surface area contributed by atoms with E-state index in [0.717, 1.165) is 5.70 Å².